The first-order chi connectivity index (χ1) is 9.69. The number of anilines is 1. The Morgan fingerprint density at radius 1 is 1.40 bits per heavy atom. The third kappa shape index (κ3) is 2.21. The molecule has 0 radical (unpaired) electrons. The second-order valence-electron chi connectivity index (χ2n) is 5.49. The SMILES string of the molecule is N#Cc1ccc([N+](=O)[O-])c(N2CCC3CNCC3C2)c1. The van der Waals surface area contributed by atoms with Gasteiger partial charge in [-0.25, -0.2) is 0 Å². The molecule has 2 saturated heterocycles. The van der Waals surface area contributed by atoms with Crippen molar-refractivity contribution in [3.05, 3.63) is 33.9 Å². The number of nitrogens with one attached hydrogen (secondary N) is 1. The summed E-state index contributed by atoms with van der Waals surface area (Å²) in [6.45, 7) is 3.68. The molecule has 0 amide bonds. The van der Waals surface area contributed by atoms with Crippen LogP contribution in [-0.4, -0.2) is 31.1 Å². The second-order valence-corrected chi connectivity index (χ2v) is 5.49. The minimum Gasteiger partial charge on any atom is -0.366 e. The Balaban J connectivity index is 1.92. The maximum atomic E-state index is 11.2. The van der Waals surface area contributed by atoms with Crippen LogP contribution in [0.1, 0.15) is 12.0 Å². The molecular formula is C14H16N4O2. The first-order valence-corrected chi connectivity index (χ1v) is 6.83. The summed E-state index contributed by atoms with van der Waals surface area (Å²) in [6.07, 6.45) is 1.05. The fourth-order valence-electron chi connectivity index (χ4n) is 3.25. The molecule has 2 heterocycles. The van der Waals surface area contributed by atoms with Crippen molar-refractivity contribution in [2.75, 3.05) is 31.1 Å². The number of nitriles is 1. The molecule has 0 aromatic heterocycles. The molecule has 2 aliphatic rings. The molecule has 2 fully saturated rings. The molecule has 2 aliphatic heterocycles. The van der Waals surface area contributed by atoms with Gasteiger partial charge in [0.25, 0.3) is 5.69 Å². The molecule has 3 rings (SSSR count). The Kier molecular flexibility index (Phi) is 3.28. The van der Waals surface area contributed by atoms with Gasteiger partial charge in [-0.3, -0.25) is 10.1 Å². The molecule has 2 atom stereocenters. The Morgan fingerprint density at radius 3 is 2.95 bits per heavy atom. The van der Waals surface area contributed by atoms with Gasteiger partial charge >= 0.3 is 0 Å². The van der Waals surface area contributed by atoms with E-state index in [9.17, 15) is 10.1 Å². The van der Waals surface area contributed by atoms with Crippen molar-refractivity contribution in [3.8, 4) is 6.07 Å². The van der Waals surface area contributed by atoms with E-state index in [4.69, 9.17) is 5.26 Å². The van der Waals surface area contributed by atoms with Crippen molar-refractivity contribution < 1.29 is 4.92 Å². The van der Waals surface area contributed by atoms with Crippen molar-refractivity contribution in [1.29, 1.82) is 5.26 Å². The molecule has 6 heteroatoms. The van der Waals surface area contributed by atoms with E-state index in [1.807, 2.05) is 0 Å². The lowest BCUT2D eigenvalue weighted by Crippen LogP contribution is -2.40. The first kappa shape index (κ1) is 12.9. The number of hydrogen-bond acceptors (Lipinski definition) is 5. The molecule has 0 aliphatic carbocycles. The monoisotopic (exact) mass is 272 g/mol. The molecule has 1 aromatic rings. The van der Waals surface area contributed by atoms with Gasteiger partial charge < -0.3 is 10.2 Å². The molecule has 6 nitrogen and oxygen atoms in total. The van der Waals surface area contributed by atoms with Gasteiger partial charge in [0.15, 0.2) is 0 Å². The van der Waals surface area contributed by atoms with E-state index in [2.05, 4.69) is 16.3 Å². The summed E-state index contributed by atoms with van der Waals surface area (Å²) in [6, 6.07) is 6.64. The van der Waals surface area contributed by atoms with Crippen LogP contribution >= 0.6 is 0 Å². The minimum atomic E-state index is -0.366. The third-order valence-electron chi connectivity index (χ3n) is 4.35. The highest BCUT2D eigenvalue weighted by Crippen LogP contribution is 2.35. The summed E-state index contributed by atoms with van der Waals surface area (Å²) >= 11 is 0. The van der Waals surface area contributed by atoms with E-state index in [0.29, 0.717) is 23.1 Å². The highest BCUT2D eigenvalue weighted by Gasteiger charge is 2.34. The van der Waals surface area contributed by atoms with E-state index < -0.39 is 0 Å². The van der Waals surface area contributed by atoms with Crippen LogP contribution in [0.2, 0.25) is 0 Å². The van der Waals surface area contributed by atoms with E-state index >= 15 is 0 Å². The summed E-state index contributed by atoms with van der Waals surface area (Å²) in [5.74, 6) is 1.23. The zero-order valence-corrected chi connectivity index (χ0v) is 11.1. The minimum absolute atomic E-state index is 0.0911. The number of hydrogen-bond donors (Lipinski definition) is 1. The first-order valence-electron chi connectivity index (χ1n) is 6.83. The van der Waals surface area contributed by atoms with E-state index in [1.165, 1.54) is 12.1 Å². The van der Waals surface area contributed by atoms with Crippen LogP contribution in [-0.2, 0) is 0 Å². The van der Waals surface area contributed by atoms with Crippen molar-refractivity contribution >= 4 is 11.4 Å². The third-order valence-corrected chi connectivity index (χ3v) is 4.35. The van der Waals surface area contributed by atoms with Crippen LogP contribution < -0.4 is 10.2 Å². The van der Waals surface area contributed by atoms with Crippen molar-refractivity contribution in [1.82, 2.24) is 5.32 Å². The molecule has 2 unspecified atom stereocenters. The lowest BCUT2D eigenvalue weighted by Gasteiger charge is -2.35. The summed E-state index contributed by atoms with van der Waals surface area (Å²) in [5.41, 5.74) is 1.14. The Hall–Kier alpha value is -2.13. The number of fused-ring (bicyclic) bond motifs is 1. The Morgan fingerprint density at radius 2 is 2.20 bits per heavy atom. The number of piperidine rings is 1. The highest BCUT2D eigenvalue weighted by molar-refractivity contribution is 5.66. The number of nitrogens with zero attached hydrogens (tertiary/aromatic N) is 3. The van der Waals surface area contributed by atoms with Gasteiger partial charge in [0.1, 0.15) is 5.69 Å². The van der Waals surface area contributed by atoms with Crippen molar-refractivity contribution in [2.24, 2.45) is 11.8 Å². The zero-order chi connectivity index (χ0) is 14.1. The van der Waals surface area contributed by atoms with Gasteiger partial charge in [-0.15, -0.1) is 0 Å². The van der Waals surface area contributed by atoms with Crippen LogP contribution in [0.4, 0.5) is 11.4 Å². The average Bonchev–Trinajstić information content (AvgIpc) is 2.93. The second kappa shape index (κ2) is 5.10. The molecule has 0 bridgehead atoms. The van der Waals surface area contributed by atoms with Gasteiger partial charge in [-0.05, 0) is 43.5 Å². The predicted octanol–water partition coefficient (Wildman–Crippen LogP) is 1.51. The topological polar surface area (TPSA) is 82.2 Å². The van der Waals surface area contributed by atoms with E-state index in [1.54, 1.807) is 6.07 Å². The van der Waals surface area contributed by atoms with E-state index in [-0.39, 0.29) is 10.6 Å². The number of benzene rings is 1. The average molecular weight is 272 g/mol. The molecular weight excluding hydrogens is 256 g/mol. The Labute approximate surface area is 117 Å². The van der Waals surface area contributed by atoms with Crippen molar-refractivity contribution in [2.45, 2.75) is 6.42 Å². The standard InChI is InChI=1S/C14H16N4O2/c15-6-10-1-2-13(18(19)20)14(5-10)17-4-3-11-7-16-8-12(11)9-17/h1-2,5,11-12,16H,3-4,7-9H2. The van der Waals surface area contributed by atoms with Crippen LogP contribution in [0.5, 0.6) is 0 Å². The van der Waals surface area contributed by atoms with Crippen molar-refractivity contribution in [3.63, 3.8) is 0 Å². The zero-order valence-electron chi connectivity index (χ0n) is 11.1. The summed E-state index contributed by atoms with van der Waals surface area (Å²) in [7, 11) is 0. The van der Waals surface area contributed by atoms with Gasteiger partial charge in [0.05, 0.1) is 16.6 Å². The van der Waals surface area contributed by atoms with Crippen LogP contribution in [0.25, 0.3) is 0 Å². The molecule has 0 spiro atoms. The maximum Gasteiger partial charge on any atom is 0.292 e. The fraction of sp³-hybridized carbons (Fsp3) is 0.500. The summed E-state index contributed by atoms with van der Waals surface area (Å²) in [4.78, 5) is 12.9. The highest BCUT2D eigenvalue weighted by atomic mass is 16.6. The van der Waals surface area contributed by atoms with Gasteiger partial charge in [-0.1, -0.05) is 0 Å². The van der Waals surface area contributed by atoms with E-state index in [0.717, 1.165) is 32.6 Å². The van der Waals surface area contributed by atoms with Crippen LogP contribution in [0.15, 0.2) is 18.2 Å². The van der Waals surface area contributed by atoms with Gasteiger partial charge in [0, 0.05) is 19.2 Å². The smallest absolute Gasteiger partial charge is 0.292 e. The maximum absolute atomic E-state index is 11.2. The quantitative estimate of drug-likeness (QED) is 0.652. The van der Waals surface area contributed by atoms with Gasteiger partial charge in [0.2, 0.25) is 0 Å². The number of nitro benzene ring substituents is 1. The molecule has 20 heavy (non-hydrogen) atoms. The van der Waals surface area contributed by atoms with Gasteiger partial charge in [-0.2, -0.15) is 5.26 Å². The van der Waals surface area contributed by atoms with Crippen LogP contribution in [0, 0.1) is 33.3 Å². The predicted molar refractivity (Wildman–Crippen MR) is 74.5 cm³/mol. The number of nitro groups is 1. The Bertz CT molecular complexity index is 581. The summed E-state index contributed by atoms with van der Waals surface area (Å²) < 4.78 is 0. The fourth-order valence-corrected chi connectivity index (χ4v) is 3.25. The summed E-state index contributed by atoms with van der Waals surface area (Å²) in [5, 5.41) is 23.6. The molecule has 1 aromatic carbocycles. The lowest BCUT2D eigenvalue weighted by molar-refractivity contribution is -0.384. The number of rotatable bonds is 2. The largest absolute Gasteiger partial charge is 0.366 e. The molecule has 1 N–H and O–H groups in total. The molecule has 0 saturated carbocycles. The lowest BCUT2D eigenvalue weighted by atomic mass is 9.88. The normalized spacial score (nSPS) is 25.1. The van der Waals surface area contributed by atoms with Crippen LogP contribution in [0.3, 0.4) is 0 Å². The molecule has 104 valence electrons.